The Labute approximate surface area is 119 Å². The van der Waals surface area contributed by atoms with E-state index in [4.69, 9.17) is 10.5 Å². The fraction of sp³-hybridized carbons (Fsp3) is 0.438. The van der Waals surface area contributed by atoms with Crippen molar-refractivity contribution in [3.8, 4) is 5.75 Å². The molecular weight excluding hydrogens is 250 g/mol. The topological polar surface area (TPSA) is 60.2 Å². The van der Waals surface area contributed by atoms with Crippen molar-refractivity contribution in [3.05, 3.63) is 30.5 Å². The summed E-state index contributed by atoms with van der Waals surface area (Å²) >= 11 is 0. The second kappa shape index (κ2) is 6.09. The van der Waals surface area contributed by atoms with Gasteiger partial charge in [0.1, 0.15) is 11.6 Å². The zero-order chi connectivity index (χ0) is 13.8. The number of nitrogen functional groups attached to an aromatic ring is 1. The van der Waals surface area contributed by atoms with Gasteiger partial charge in [0.05, 0.1) is 6.61 Å². The molecule has 1 aliphatic rings. The third kappa shape index (κ3) is 3.02. The molecule has 0 radical (unpaired) electrons. The van der Waals surface area contributed by atoms with Crippen LogP contribution in [0.5, 0.6) is 5.75 Å². The molecule has 4 nitrogen and oxygen atoms in total. The second-order valence-corrected chi connectivity index (χ2v) is 5.36. The second-order valence-electron chi connectivity index (χ2n) is 5.36. The van der Waals surface area contributed by atoms with Gasteiger partial charge in [0.2, 0.25) is 0 Å². The molecule has 20 heavy (non-hydrogen) atoms. The zero-order valence-electron chi connectivity index (χ0n) is 11.6. The van der Waals surface area contributed by atoms with Crippen LogP contribution in [-0.2, 0) is 0 Å². The number of nitrogens with zero attached hydrogens (tertiary/aromatic N) is 1. The molecule has 1 unspecified atom stereocenters. The minimum absolute atomic E-state index is 0.570. The fourth-order valence-electron chi connectivity index (χ4n) is 2.76. The van der Waals surface area contributed by atoms with E-state index in [2.05, 4.69) is 10.3 Å². The molecule has 2 aromatic rings. The van der Waals surface area contributed by atoms with Gasteiger partial charge >= 0.3 is 0 Å². The number of aromatic nitrogens is 1. The van der Waals surface area contributed by atoms with Crippen LogP contribution in [0.2, 0.25) is 0 Å². The molecular formula is C16H21N3O. The standard InChI is InChI=1S/C16H21N3O/c17-16-15-5-4-14(11-12(15)6-9-19-16)20-10-7-13-3-1-2-8-18-13/h4-6,9,11,13,18H,1-3,7-8,10H2,(H2,17,19). The number of hydrogen-bond donors (Lipinski definition) is 2. The summed E-state index contributed by atoms with van der Waals surface area (Å²) in [5.74, 6) is 1.47. The smallest absolute Gasteiger partial charge is 0.131 e. The van der Waals surface area contributed by atoms with Gasteiger partial charge in [-0.2, -0.15) is 0 Å². The van der Waals surface area contributed by atoms with Crippen LogP contribution in [0, 0.1) is 0 Å². The van der Waals surface area contributed by atoms with Gasteiger partial charge in [0.15, 0.2) is 0 Å². The van der Waals surface area contributed by atoms with E-state index in [0.717, 1.165) is 36.1 Å². The van der Waals surface area contributed by atoms with E-state index in [0.29, 0.717) is 11.9 Å². The van der Waals surface area contributed by atoms with Gasteiger partial charge in [0.25, 0.3) is 0 Å². The average Bonchev–Trinajstić information content (AvgIpc) is 2.48. The highest BCUT2D eigenvalue weighted by Crippen LogP contribution is 2.24. The molecule has 1 fully saturated rings. The first-order valence-electron chi connectivity index (χ1n) is 7.33. The lowest BCUT2D eigenvalue weighted by molar-refractivity contribution is 0.268. The first kappa shape index (κ1) is 13.2. The van der Waals surface area contributed by atoms with Crippen LogP contribution in [-0.4, -0.2) is 24.2 Å². The maximum atomic E-state index is 5.86. The Balaban J connectivity index is 1.60. The maximum Gasteiger partial charge on any atom is 0.131 e. The number of piperidine rings is 1. The summed E-state index contributed by atoms with van der Waals surface area (Å²) in [4.78, 5) is 4.09. The molecule has 0 spiro atoms. The highest BCUT2D eigenvalue weighted by molar-refractivity contribution is 5.91. The minimum atomic E-state index is 0.570. The number of ether oxygens (including phenoxy) is 1. The first-order valence-corrected chi connectivity index (χ1v) is 7.33. The molecule has 0 amide bonds. The fourth-order valence-corrected chi connectivity index (χ4v) is 2.76. The molecule has 106 valence electrons. The Morgan fingerprint density at radius 3 is 3.10 bits per heavy atom. The van der Waals surface area contributed by atoms with Crippen molar-refractivity contribution in [2.45, 2.75) is 31.7 Å². The van der Waals surface area contributed by atoms with Crippen molar-refractivity contribution in [2.75, 3.05) is 18.9 Å². The monoisotopic (exact) mass is 271 g/mol. The predicted octanol–water partition coefficient (Wildman–Crippen LogP) is 2.73. The van der Waals surface area contributed by atoms with E-state index in [1.807, 2.05) is 24.3 Å². The highest BCUT2D eigenvalue weighted by Gasteiger charge is 2.12. The maximum absolute atomic E-state index is 5.86. The normalized spacial score (nSPS) is 19.1. The summed E-state index contributed by atoms with van der Waals surface area (Å²) in [6.07, 6.45) is 6.70. The van der Waals surface area contributed by atoms with Crippen molar-refractivity contribution in [3.63, 3.8) is 0 Å². The van der Waals surface area contributed by atoms with E-state index < -0.39 is 0 Å². The molecule has 3 rings (SSSR count). The lowest BCUT2D eigenvalue weighted by Gasteiger charge is -2.23. The number of rotatable bonds is 4. The van der Waals surface area contributed by atoms with Gasteiger partial charge in [-0.25, -0.2) is 4.98 Å². The largest absolute Gasteiger partial charge is 0.494 e. The number of nitrogens with one attached hydrogen (secondary N) is 1. The molecule has 4 heteroatoms. The summed E-state index contributed by atoms with van der Waals surface area (Å²) in [5, 5.41) is 5.59. The molecule has 2 heterocycles. The van der Waals surface area contributed by atoms with Crippen molar-refractivity contribution < 1.29 is 4.74 Å². The van der Waals surface area contributed by atoms with Gasteiger partial charge < -0.3 is 15.8 Å². The molecule has 3 N–H and O–H groups in total. The SMILES string of the molecule is Nc1nccc2cc(OCCC3CCCCN3)ccc12. The van der Waals surface area contributed by atoms with E-state index in [-0.39, 0.29) is 0 Å². The van der Waals surface area contributed by atoms with Crippen LogP contribution in [0.25, 0.3) is 10.8 Å². The number of fused-ring (bicyclic) bond motifs is 1. The number of anilines is 1. The number of hydrogen-bond acceptors (Lipinski definition) is 4. The molecule has 1 atom stereocenters. The van der Waals surface area contributed by atoms with Crippen LogP contribution in [0.4, 0.5) is 5.82 Å². The summed E-state index contributed by atoms with van der Waals surface area (Å²) in [5.41, 5.74) is 5.84. The average molecular weight is 271 g/mol. The Morgan fingerprint density at radius 1 is 1.30 bits per heavy atom. The Bertz CT molecular complexity index is 579. The van der Waals surface area contributed by atoms with Crippen molar-refractivity contribution in [2.24, 2.45) is 0 Å². The molecule has 0 aliphatic carbocycles. The molecule has 0 bridgehead atoms. The van der Waals surface area contributed by atoms with Gasteiger partial charge in [-0.05, 0) is 55.5 Å². The Kier molecular flexibility index (Phi) is 4.02. The number of pyridine rings is 1. The van der Waals surface area contributed by atoms with Crippen LogP contribution in [0.3, 0.4) is 0 Å². The van der Waals surface area contributed by atoms with Gasteiger partial charge in [-0.15, -0.1) is 0 Å². The summed E-state index contributed by atoms with van der Waals surface area (Å²) in [6.45, 7) is 1.90. The number of nitrogens with two attached hydrogens (primary N) is 1. The zero-order valence-corrected chi connectivity index (χ0v) is 11.6. The summed E-state index contributed by atoms with van der Waals surface area (Å²) < 4.78 is 5.86. The Morgan fingerprint density at radius 2 is 2.25 bits per heavy atom. The third-order valence-electron chi connectivity index (χ3n) is 3.91. The van der Waals surface area contributed by atoms with Crippen LogP contribution in [0.15, 0.2) is 30.5 Å². The van der Waals surface area contributed by atoms with Crippen LogP contribution < -0.4 is 15.8 Å². The number of benzene rings is 1. The van der Waals surface area contributed by atoms with Crippen molar-refractivity contribution >= 4 is 16.6 Å². The predicted molar refractivity (Wildman–Crippen MR) is 81.9 cm³/mol. The van der Waals surface area contributed by atoms with E-state index in [9.17, 15) is 0 Å². The first-order chi connectivity index (χ1) is 9.83. The molecule has 0 saturated carbocycles. The van der Waals surface area contributed by atoms with Gasteiger partial charge in [-0.1, -0.05) is 6.42 Å². The summed E-state index contributed by atoms with van der Waals surface area (Å²) in [6, 6.07) is 8.55. The minimum Gasteiger partial charge on any atom is -0.494 e. The third-order valence-corrected chi connectivity index (χ3v) is 3.91. The quantitative estimate of drug-likeness (QED) is 0.897. The summed E-state index contributed by atoms with van der Waals surface area (Å²) in [7, 11) is 0. The molecule has 1 aromatic heterocycles. The molecule has 1 aliphatic heterocycles. The lowest BCUT2D eigenvalue weighted by atomic mass is 10.0. The molecule has 1 saturated heterocycles. The van der Waals surface area contributed by atoms with E-state index in [1.165, 1.54) is 19.3 Å². The van der Waals surface area contributed by atoms with Crippen LogP contribution in [0.1, 0.15) is 25.7 Å². The van der Waals surface area contributed by atoms with Gasteiger partial charge in [0, 0.05) is 17.6 Å². The van der Waals surface area contributed by atoms with Crippen molar-refractivity contribution in [1.29, 1.82) is 0 Å². The van der Waals surface area contributed by atoms with Gasteiger partial charge in [-0.3, -0.25) is 0 Å². The highest BCUT2D eigenvalue weighted by atomic mass is 16.5. The molecule has 1 aromatic carbocycles. The Hall–Kier alpha value is -1.81. The van der Waals surface area contributed by atoms with E-state index in [1.54, 1.807) is 6.20 Å². The lowest BCUT2D eigenvalue weighted by Crippen LogP contribution is -2.35. The van der Waals surface area contributed by atoms with E-state index >= 15 is 0 Å². The van der Waals surface area contributed by atoms with Crippen molar-refractivity contribution in [1.82, 2.24) is 10.3 Å². The van der Waals surface area contributed by atoms with Crippen LogP contribution >= 0.6 is 0 Å².